The number of hydrogen-bond acceptors (Lipinski definition) is 7. The van der Waals surface area contributed by atoms with Crippen LogP contribution in [0.15, 0.2) is 55.1 Å². The van der Waals surface area contributed by atoms with Crippen LogP contribution in [0, 0.1) is 11.8 Å². The van der Waals surface area contributed by atoms with Crippen LogP contribution in [-0.4, -0.2) is 61.3 Å². The number of likely N-dealkylation sites (tertiary alicyclic amines) is 1. The van der Waals surface area contributed by atoms with Gasteiger partial charge in [0.15, 0.2) is 18.1 Å². The zero-order valence-corrected chi connectivity index (χ0v) is 26.6. The van der Waals surface area contributed by atoms with E-state index in [4.69, 9.17) is 24.1 Å². The Morgan fingerprint density at radius 2 is 1.73 bits per heavy atom. The van der Waals surface area contributed by atoms with Crippen molar-refractivity contribution in [3.8, 4) is 17.2 Å². The van der Waals surface area contributed by atoms with E-state index >= 15 is 0 Å². The average molecular weight is 622 g/mol. The number of nitrogens with zero attached hydrogens (tertiary/aromatic N) is 1. The number of aryl methyl sites for hydroxylation is 1. The standard InChI is InChI=1S/C36H47NO8/c1-4-11-29(26-12-6-5-7-13-26)35(40)37-21-9-8-16-30(37)36(41)45-31(27-14-10-15-28(23-27)44-24-34(38)39)19-17-25-18-20-32(42-2)33(22-25)43-3/h4,10,14-15,18,20,22-23,26,29-31H,1,5-9,11-13,16-17,19,21,24H2,2-3H3,(H,38,39)/t29-,30+,31-/m1/s1. The maximum absolute atomic E-state index is 14.0. The Kier molecular flexibility index (Phi) is 12.7. The third-order valence-corrected chi connectivity index (χ3v) is 9.01. The van der Waals surface area contributed by atoms with Gasteiger partial charge in [0.05, 0.1) is 14.2 Å². The van der Waals surface area contributed by atoms with Crippen LogP contribution in [0.2, 0.25) is 0 Å². The number of aliphatic carboxylic acids is 1. The predicted octanol–water partition coefficient (Wildman–Crippen LogP) is 6.54. The molecule has 1 aliphatic heterocycles. The van der Waals surface area contributed by atoms with Crippen molar-refractivity contribution in [1.29, 1.82) is 0 Å². The van der Waals surface area contributed by atoms with E-state index in [0.29, 0.717) is 61.0 Å². The highest BCUT2D eigenvalue weighted by molar-refractivity contribution is 5.86. The summed E-state index contributed by atoms with van der Waals surface area (Å²) in [5, 5.41) is 9.08. The van der Waals surface area contributed by atoms with Crippen molar-refractivity contribution in [2.45, 2.75) is 82.8 Å². The molecule has 1 saturated carbocycles. The fraction of sp³-hybridized carbons (Fsp3) is 0.528. The van der Waals surface area contributed by atoms with Gasteiger partial charge in [0.2, 0.25) is 5.91 Å². The Morgan fingerprint density at radius 3 is 2.44 bits per heavy atom. The lowest BCUT2D eigenvalue weighted by atomic mass is 9.77. The summed E-state index contributed by atoms with van der Waals surface area (Å²) >= 11 is 0. The fourth-order valence-corrected chi connectivity index (χ4v) is 6.66. The molecule has 0 bridgehead atoms. The number of rotatable bonds is 15. The first-order chi connectivity index (χ1) is 21.8. The van der Waals surface area contributed by atoms with Gasteiger partial charge in [-0.3, -0.25) is 4.79 Å². The van der Waals surface area contributed by atoms with Crippen molar-refractivity contribution in [2.24, 2.45) is 11.8 Å². The number of carbonyl (C=O) groups excluding carboxylic acids is 2. The molecule has 2 aromatic rings. The van der Waals surface area contributed by atoms with Gasteiger partial charge in [-0.15, -0.1) is 6.58 Å². The van der Waals surface area contributed by atoms with Crippen molar-refractivity contribution >= 4 is 17.8 Å². The van der Waals surface area contributed by atoms with Gasteiger partial charge in [-0.05, 0) is 92.7 Å². The normalized spacial score (nSPS) is 18.4. The third-order valence-electron chi connectivity index (χ3n) is 9.01. The number of carboxylic acids is 1. The molecule has 45 heavy (non-hydrogen) atoms. The van der Waals surface area contributed by atoms with Crippen molar-refractivity contribution < 1.29 is 38.4 Å². The molecular formula is C36H47NO8. The van der Waals surface area contributed by atoms with Crippen LogP contribution in [-0.2, 0) is 25.5 Å². The monoisotopic (exact) mass is 621 g/mol. The minimum atomic E-state index is -1.08. The van der Waals surface area contributed by atoms with Crippen molar-refractivity contribution in [2.75, 3.05) is 27.4 Å². The maximum atomic E-state index is 14.0. The van der Waals surface area contributed by atoms with Gasteiger partial charge in [-0.2, -0.15) is 0 Å². The molecule has 244 valence electrons. The Morgan fingerprint density at radius 1 is 0.978 bits per heavy atom. The van der Waals surface area contributed by atoms with E-state index in [1.807, 2.05) is 30.3 Å². The minimum absolute atomic E-state index is 0.0365. The summed E-state index contributed by atoms with van der Waals surface area (Å²) in [6.07, 6.45) is 10.6. The van der Waals surface area contributed by atoms with Gasteiger partial charge in [0.1, 0.15) is 17.9 Å². The molecule has 9 heteroatoms. The van der Waals surface area contributed by atoms with E-state index in [-0.39, 0.29) is 11.8 Å². The van der Waals surface area contributed by atoms with E-state index in [9.17, 15) is 14.4 Å². The lowest BCUT2D eigenvalue weighted by molar-refractivity contribution is -0.164. The minimum Gasteiger partial charge on any atom is -0.493 e. The third kappa shape index (κ3) is 9.25. The number of hydrogen-bond donors (Lipinski definition) is 1. The summed E-state index contributed by atoms with van der Waals surface area (Å²) in [4.78, 5) is 40.9. The van der Waals surface area contributed by atoms with Gasteiger partial charge in [-0.1, -0.05) is 43.5 Å². The number of allylic oxidation sites excluding steroid dienone is 1. The number of esters is 1. The van der Waals surface area contributed by atoms with Crippen molar-refractivity contribution in [3.63, 3.8) is 0 Å². The molecule has 1 aliphatic carbocycles. The lowest BCUT2D eigenvalue weighted by Crippen LogP contribution is -2.52. The van der Waals surface area contributed by atoms with Gasteiger partial charge in [-0.25, -0.2) is 9.59 Å². The molecule has 1 heterocycles. The molecule has 0 spiro atoms. The zero-order valence-electron chi connectivity index (χ0n) is 26.6. The SMILES string of the molecule is C=CC[C@@H](C(=O)N1CCCC[C@H]1C(=O)O[C@H](CCc1ccc(OC)c(OC)c1)c1cccc(OCC(=O)O)c1)C1CCCCC1. The van der Waals surface area contributed by atoms with Gasteiger partial charge >= 0.3 is 11.9 Å². The van der Waals surface area contributed by atoms with Crippen LogP contribution in [0.4, 0.5) is 0 Å². The van der Waals surface area contributed by atoms with E-state index in [0.717, 1.165) is 44.1 Å². The second kappa shape index (κ2) is 16.9. The molecular weight excluding hydrogens is 574 g/mol. The summed E-state index contributed by atoms with van der Waals surface area (Å²) in [7, 11) is 3.17. The number of amides is 1. The fourth-order valence-electron chi connectivity index (χ4n) is 6.66. The predicted molar refractivity (Wildman–Crippen MR) is 171 cm³/mol. The Labute approximate surface area is 266 Å². The first-order valence-electron chi connectivity index (χ1n) is 16.1. The quantitative estimate of drug-likeness (QED) is 0.176. The van der Waals surface area contributed by atoms with Crippen LogP contribution >= 0.6 is 0 Å². The maximum Gasteiger partial charge on any atom is 0.341 e. The molecule has 9 nitrogen and oxygen atoms in total. The first-order valence-corrected chi connectivity index (χ1v) is 16.1. The molecule has 1 N–H and O–H groups in total. The molecule has 1 saturated heterocycles. The van der Waals surface area contributed by atoms with E-state index in [1.54, 1.807) is 37.3 Å². The van der Waals surface area contributed by atoms with E-state index in [2.05, 4.69) is 6.58 Å². The number of carboxylic acid groups (broad SMARTS) is 1. The number of carbonyl (C=O) groups is 3. The number of ether oxygens (including phenoxy) is 4. The highest BCUT2D eigenvalue weighted by Gasteiger charge is 2.39. The van der Waals surface area contributed by atoms with Crippen LogP contribution < -0.4 is 14.2 Å². The van der Waals surface area contributed by atoms with Gasteiger partial charge in [0, 0.05) is 12.5 Å². The van der Waals surface area contributed by atoms with Gasteiger partial charge < -0.3 is 29.0 Å². The Bertz CT molecular complexity index is 1300. The first kappa shape index (κ1) is 33.9. The Hall–Kier alpha value is -4.01. The highest BCUT2D eigenvalue weighted by atomic mass is 16.5. The molecule has 2 aromatic carbocycles. The largest absolute Gasteiger partial charge is 0.493 e. The molecule has 0 aromatic heterocycles. The topological polar surface area (TPSA) is 112 Å². The molecule has 2 fully saturated rings. The van der Waals surface area contributed by atoms with Gasteiger partial charge in [0.25, 0.3) is 0 Å². The zero-order chi connectivity index (χ0) is 32.2. The van der Waals surface area contributed by atoms with E-state index < -0.39 is 30.7 Å². The second-order valence-electron chi connectivity index (χ2n) is 12.0. The molecule has 2 aliphatic rings. The van der Waals surface area contributed by atoms with E-state index in [1.165, 1.54) is 6.42 Å². The summed E-state index contributed by atoms with van der Waals surface area (Å²) in [6.45, 7) is 3.98. The van der Waals surface area contributed by atoms with Crippen molar-refractivity contribution in [1.82, 2.24) is 4.90 Å². The number of benzene rings is 2. The summed E-state index contributed by atoms with van der Waals surface area (Å²) < 4.78 is 22.5. The van der Waals surface area contributed by atoms with Crippen LogP contribution in [0.3, 0.4) is 0 Å². The number of piperidine rings is 1. The molecule has 3 atom stereocenters. The Balaban J connectivity index is 1.56. The molecule has 4 rings (SSSR count). The molecule has 1 amide bonds. The summed E-state index contributed by atoms with van der Waals surface area (Å²) in [5.74, 6) is 0.282. The number of methoxy groups -OCH3 is 2. The second-order valence-corrected chi connectivity index (χ2v) is 12.0. The molecule has 0 radical (unpaired) electrons. The van der Waals surface area contributed by atoms with Crippen LogP contribution in [0.1, 0.15) is 81.4 Å². The lowest BCUT2D eigenvalue weighted by Gasteiger charge is -2.39. The average Bonchev–Trinajstić information content (AvgIpc) is 3.08. The van der Waals surface area contributed by atoms with Crippen LogP contribution in [0.25, 0.3) is 0 Å². The molecule has 0 unspecified atom stereocenters. The highest BCUT2D eigenvalue weighted by Crippen LogP contribution is 2.36. The van der Waals surface area contributed by atoms with Crippen LogP contribution in [0.5, 0.6) is 17.2 Å². The smallest absolute Gasteiger partial charge is 0.341 e. The van der Waals surface area contributed by atoms with Crippen molar-refractivity contribution in [3.05, 3.63) is 66.2 Å². The summed E-state index contributed by atoms with van der Waals surface area (Å²) in [6, 6.07) is 12.0. The summed E-state index contributed by atoms with van der Waals surface area (Å²) in [5.41, 5.74) is 1.66.